The van der Waals surface area contributed by atoms with Gasteiger partial charge in [0.2, 0.25) is 11.1 Å². The molecule has 0 bridgehead atoms. The van der Waals surface area contributed by atoms with Crippen LogP contribution in [0.4, 0.5) is 11.1 Å². The number of nitrogens with zero attached hydrogens (tertiary/aromatic N) is 6. The van der Waals surface area contributed by atoms with Gasteiger partial charge >= 0.3 is 0 Å². The van der Waals surface area contributed by atoms with Crippen molar-refractivity contribution in [2.24, 2.45) is 0 Å². The van der Waals surface area contributed by atoms with Crippen LogP contribution in [0.25, 0.3) is 9.88 Å². The van der Waals surface area contributed by atoms with Crippen molar-refractivity contribution in [3.63, 3.8) is 0 Å². The minimum Gasteiger partial charge on any atom is -0.343 e. The van der Waals surface area contributed by atoms with Gasteiger partial charge < -0.3 is 9.80 Å². The van der Waals surface area contributed by atoms with E-state index >= 15 is 0 Å². The van der Waals surface area contributed by atoms with E-state index in [2.05, 4.69) is 41.4 Å². The fourth-order valence-electron chi connectivity index (χ4n) is 2.40. The summed E-state index contributed by atoms with van der Waals surface area (Å²) in [7, 11) is 0. The summed E-state index contributed by atoms with van der Waals surface area (Å²) in [5.74, 6) is 0.804. The summed E-state index contributed by atoms with van der Waals surface area (Å²) < 4.78 is 0. The van der Waals surface area contributed by atoms with E-state index in [0.717, 1.165) is 42.3 Å². The highest BCUT2D eigenvalue weighted by Gasteiger charge is 2.21. The Balaban J connectivity index is 1.44. The molecule has 0 amide bonds. The van der Waals surface area contributed by atoms with Gasteiger partial charge in [-0.25, -0.2) is 9.97 Å². The van der Waals surface area contributed by atoms with Crippen molar-refractivity contribution < 1.29 is 0 Å². The van der Waals surface area contributed by atoms with E-state index in [1.165, 1.54) is 4.88 Å². The maximum Gasteiger partial charge on any atom is 0.225 e. The Kier molecular flexibility index (Phi) is 3.69. The van der Waals surface area contributed by atoms with Gasteiger partial charge in [0.15, 0.2) is 5.01 Å². The molecule has 22 heavy (non-hydrogen) atoms. The van der Waals surface area contributed by atoms with Crippen molar-refractivity contribution in [3.05, 3.63) is 36.0 Å². The standard InChI is InChI=1S/C14H14N6S2/c1-3-11(21-10-1)12-17-18-14(22-12)20-8-6-19(7-9-20)13-15-4-2-5-16-13/h1-5,10H,6-9H2. The Hall–Kier alpha value is -2.06. The van der Waals surface area contributed by atoms with Gasteiger partial charge in [0, 0.05) is 38.6 Å². The lowest BCUT2D eigenvalue weighted by Gasteiger charge is -2.34. The Labute approximate surface area is 136 Å². The molecule has 3 aromatic rings. The first kappa shape index (κ1) is 13.6. The minimum absolute atomic E-state index is 0.804. The van der Waals surface area contributed by atoms with Crippen LogP contribution in [0, 0.1) is 0 Å². The van der Waals surface area contributed by atoms with Crippen LogP contribution in [-0.4, -0.2) is 46.3 Å². The Morgan fingerprint density at radius 1 is 0.909 bits per heavy atom. The van der Waals surface area contributed by atoms with E-state index in [1.54, 1.807) is 35.1 Å². The highest BCUT2D eigenvalue weighted by Crippen LogP contribution is 2.31. The number of hydrogen-bond donors (Lipinski definition) is 0. The van der Waals surface area contributed by atoms with Crippen LogP contribution >= 0.6 is 22.7 Å². The third-order valence-corrected chi connectivity index (χ3v) is 5.55. The van der Waals surface area contributed by atoms with Gasteiger partial charge in [0.25, 0.3) is 0 Å². The van der Waals surface area contributed by atoms with Gasteiger partial charge in [0.1, 0.15) is 0 Å². The van der Waals surface area contributed by atoms with Crippen molar-refractivity contribution in [2.45, 2.75) is 0 Å². The van der Waals surface area contributed by atoms with Gasteiger partial charge in [-0.15, -0.1) is 21.5 Å². The molecule has 0 atom stereocenters. The zero-order chi connectivity index (χ0) is 14.8. The molecule has 1 saturated heterocycles. The summed E-state index contributed by atoms with van der Waals surface area (Å²) in [6.07, 6.45) is 3.57. The molecule has 6 nitrogen and oxygen atoms in total. The van der Waals surface area contributed by atoms with Crippen LogP contribution in [0.2, 0.25) is 0 Å². The molecule has 0 aromatic carbocycles. The van der Waals surface area contributed by atoms with Crippen molar-refractivity contribution in [2.75, 3.05) is 36.0 Å². The summed E-state index contributed by atoms with van der Waals surface area (Å²) in [6.45, 7) is 3.63. The number of aromatic nitrogens is 4. The molecule has 0 N–H and O–H groups in total. The number of thiophene rings is 1. The van der Waals surface area contributed by atoms with Crippen LogP contribution in [0.5, 0.6) is 0 Å². The van der Waals surface area contributed by atoms with Gasteiger partial charge in [-0.05, 0) is 17.5 Å². The number of hydrogen-bond acceptors (Lipinski definition) is 8. The number of anilines is 2. The summed E-state index contributed by atoms with van der Waals surface area (Å²) in [4.78, 5) is 14.3. The highest BCUT2D eigenvalue weighted by molar-refractivity contribution is 7.22. The van der Waals surface area contributed by atoms with Crippen LogP contribution in [0.1, 0.15) is 0 Å². The predicted molar refractivity (Wildman–Crippen MR) is 89.7 cm³/mol. The van der Waals surface area contributed by atoms with Gasteiger partial charge in [-0.1, -0.05) is 17.4 Å². The lowest BCUT2D eigenvalue weighted by Crippen LogP contribution is -2.47. The number of rotatable bonds is 3. The normalized spacial score (nSPS) is 15.3. The van der Waals surface area contributed by atoms with Gasteiger partial charge in [-0.2, -0.15) is 0 Å². The quantitative estimate of drug-likeness (QED) is 0.735. The molecule has 3 aromatic heterocycles. The molecule has 0 aliphatic carbocycles. The van der Waals surface area contributed by atoms with E-state index in [-0.39, 0.29) is 0 Å². The first-order valence-corrected chi connectivity index (χ1v) is 8.74. The fraction of sp³-hybridized carbons (Fsp3) is 0.286. The third-order valence-electron chi connectivity index (χ3n) is 3.53. The molecular formula is C14H14N6S2. The average molecular weight is 330 g/mol. The third kappa shape index (κ3) is 2.67. The maximum atomic E-state index is 4.34. The first-order chi connectivity index (χ1) is 10.9. The predicted octanol–water partition coefficient (Wildman–Crippen LogP) is 2.38. The lowest BCUT2D eigenvalue weighted by molar-refractivity contribution is 0.636. The molecule has 1 aliphatic rings. The summed E-state index contributed by atoms with van der Waals surface area (Å²) >= 11 is 3.36. The van der Waals surface area contributed by atoms with Crippen LogP contribution in [-0.2, 0) is 0 Å². The largest absolute Gasteiger partial charge is 0.343 e. The topological polar surface area (TPSA) is 58.0 Å². The van der Waals surface area contributed by atoms with E-state index < -0.39 is 0 Å². The maximum absolute atomic E-state index is 4.34. The Bertz CT molecular complexity index is 719. The van der Waals surface area contributed by atoms with Crippen molar-refractivity contribution in [3.8, 4) is 9.88 Å². The molecule has 0 spiro atoms. The monoisotopic (exact) mass is 330 g/mol. The molecule has 0 unspecified atom stereocenters. The van der Waals surface area contributed by atoms with E-state index in [4.69, 9.17) is 0 Å². The number of piperazine rings is 1. The zero-order valence-electron chi connectivity index (χ0n) is 11.8. The van der Waals surface area contributed by atoms with Gasteiger partial charge in [0.05, 0.1) is 4.88 Å². The van der Waals surface area contributed by atoms with Crippen molar-refractivity contribution in [1.29, 1.82) is 0 Å². The Morgan fingerprint density at radius 2 is 1.68 bits per heavy atom. The second kappa shape index (κ2) is 5.98. The molecule has 1 aliphatic heterocycles. The summed E-state index contributed by atoms with van der Waals surface area (Å²) in [6, 6.07) is 5.96. The molecule has 4 heterocycles. The average Bonchev–Trinajstić information content (AvgIpc) is 3.27. The summed E-state index contributed by atoms with van der Waals surface area (Å²) in [5.41, 5.74) is 0. The van der Waals surface area contributed by atoms with Crippen molar-refractivity contribution in [1.82, 2.24) is 20.2 Å². The van der Waals surface area contributed by atoms with Crippen LogP contribution < -0.4 is 9.80 Å². The van der Waals surface area contributed by atoms with Crippen molar-refractivity contribution >= 4 is 33.8 Å². The Morgan fingerprint density at radius 3 is 2.41 bits per heavy atom. The van der Waals surface area contributed by atoms with E-state index in [9.17, 15) is 0 Å². The molecule has 112 valence electrons. The molecule has 8 heteroatoms. The molecular weight excluding hydrogens is 316 g/mol. The smallest absolute Gasteiger partial charge is 0.225 e. The SMILES string of the molecule is c1cnc(N2CCN(c3nnc(-c4cccs4)s3)CC2)nc1. The minimum atomic E-state index is 0.804. The van der Waals surface area contributed by atoms with Crippen LogP contribution in [0.3, 0.4) is 0 Å². The first-order valence-electron chi connectivity index (χ1n) is 7.04. The molecule has 0 radical (unpaired) electrons. The summed E-state index contributed by atoms with van der Waals surface area (Å²) in [5, 5.41) is 12.7. The molecule has 0 saturated carbocycles. The molecule has 1 fully saturated rings. The van der Waals surface area contributed by atoms with Gasteiger partial charge in [-0.3, -0.25) is 0 Å². The second-order valence-electron chi connectivity index (χ2n) is 4.89. The fourth-order valence-corrected chi connectivity index (χ4v) is 4.08. The van der Waals surface area contributed by atoms with E-state index in [0.29, 0.717) is 0 Å². The van der Waals surface area contributed by atoms with E-state index in [1.807, 2.05) is 12.1 Å². The lowest BCUT2D eigenvalue weighted by atomic mass is 10.3. The van der Waals surface area contributed by atoms with Crippen LogP contribution in [0.15, 0.2) is 36.0 Å². The second-order valence-corrected chi connectivity index (χ2v) is 6.79. The highest BCUT2D eigenvalue weighted by atomic mass is 32.1. The molecule has 4 rings (SSSR count). The zero-order valence-corrected chi connectivity index (χ0v) is 13.4.